The van der Waals surface area contributed by atoms with Crippen LogP contribution in [0.25, 0.3) is 0 Å². The lowest BCUT2D eigenvalue weighted by molar-refractivity contribution is -0.165. The Morgan fingerprint density at radius 2 is 0.697 bits per heavy atom. The number of nitrogens with one attached hydrogen (secondary N) is 2. The Hall–Kier alpha value is -6.72. The lowest BCUT2D eigenvalue weighted by atomic mass is 9.87. The monoisotopic (exact) mass is 926 g/mol. The van der Waals surface area contributed by atoms with Crippen molar-refractivity contribution in [3.8, 4) is 0 Å². The lowest BCUT2D eigenvalue weighted by Crippen LogP contribution is -2.47. The van der Waals surface area contributed by atoms with Gasteiger partial charge in [0.1, 0.15) is 63.7 Å². The third-order valence-corrected chi connectivity index (χ3v) is 9.44. The van der Waals surface area contributed by atoms with Crippen LogP contribution in [0.4, 0.5) is 9.59 Å². The van der Waals surface area contributed by atoms with Gasteiger partial charge in [-0.2, -0.15) is 0 Å². The first-order valence-corrected chi connectivity index (χ1v) is 20.7. The second-order valence-corrected chi connectivity index (χ2v) is 17.8. The summed E-state index contributed by atoms with van der Waals surface area (Å²) in [6, 6.07) is 6.86. The van der Waals surface area contributed by atoms with Crippen molar-refractivity contribution in [1.29, 1.82) is 0 Å². The van der Waals surface area contributed by atoms with Crippen LogP contribution in [0.1, 0.15) is 87.3 Å². The number of carbonyl (C=O) groups is 8. The van der Waals surface area contributed by atoms with Gasteiger partial charge in [-0.3, -0.25) is 4.79 Å². The first kappa shape index (κ1) is 57.3. The third kappa shape index (κ3) is 19.2. The van der Waals surface area contributed by atoms with Crippen molar-refractivity contribution in [3.05, 3.63) is 96.2 Å². The Labute approximate surface area is 387 Å². The Bertz CT molecular complexity index is 1960. The summed E-state index contributed by atoms with van der Waals surface area (Å²) in [7, 11) is 0. The zero-order valence-corrected chi connectivity index (χ0v) is 40.1. The van der Waals surface area contributed by atoms with Crippen LogP contribution >= 0.6 is 0 Å². The molecule has 0 aliphatic carbocycles. The molecule has 0 aliphatic heterocycles. The molecular weight excluding hydrogens is 861 g/mol. The fourth-order valence-electron chi connectivity index (χ4n) is 5.06. The van der Waals surface area contributed by atoms with Crippen LogP contribution in [0.2, 0.25) is 0 Å². The van der Waals surface area contributed by atoms with Gasteiger partial charge in [-0.25, -0.2) is 33.6 Å². The summed E-state index contributed by atoms with van der Waals surface area (Å²) in [6.45, 7) is 30.7. The van der Waals surface area contributed by atoms with Crippen LogP contribution < -0.4 is 10.6 Å². The molecule has 0 saturated heterocycles. The van der Waals surface area contributed by atoms with E-state index in [1.54, 1.807) is 65.8 Å². The second-order valence-electron chi connectivity index (χ2n) is 17.8. The molecule has 0 heterocycles. The number of rotatable bonds is 26. The van der Waals surface area contributed by atoms with Crippen molar-refractivity contribution in [3.63, 3.8) is 0 Å². The molecule has 18 nitrogen and oxygen atoms in total. The summed E-state index contributed by atoms with van der Waals surface area (Å²) in [5.74, 6) is -5.10. The zero-order valence-electron chi connectivity index (χ0n) is 40.1. The van der Waals surface area contributed by atoms with Crippen LogP contribution in [-0.2, 0) is 77.7 Å². The number of esters is 6. The average Bonchev–Trinajstić information content (AvgIpc) is 3.23. The molecule has 1 aromatic rings. The van der Waals surface area contributed by atoms with Gasteiger partial charge < -0.3 is 48.5 Å². The molecule has 0 aliphatic rings. The highest BCUT2D eigenvalue weighted by Crippen LogP contribution is 2.29. The van der Waals surface area contributed by atoms with E-state index in [1.807, 2.05) is 0 Å². The predicted molar refractivity (Wildman–Crippen MR) is 241 cm³/mol. The van der Waals surface area contributed by atoms with Crippen LogP contribution in [-0.4, -0.2) is 101 Å². The van der Waals surface area contributed by atoms with Crippen LogP contribution in [0, 0.1) is 16.7 Å². The van der Waals surface area contributed by atoms with Gasteiger partial charge in [-0.1, -0.05) is 71.0 Å². The standard InChI is InChI=1S/C48H66N2O16/c1-29(2)37(51)59-21-47(22-60-38(52)30(3)4,23-61-39(53)31(5)6)27-65-43(57)49-45(13,14)35-18-17-19-36(20-35)46(15,16)50-44(58)66-28-48(24-62-40(54)32(7)8,25-63-41(55)33(9)10)26-64-42(56)34(11)12/h17-20,34H,1,3,5,7,9,21-28H2,2,4,6,8,10-16H3,(H,49,57)(H,50,58). The van der Waals surface area contributed by atoms with E-state index < -0.39 is 129 Å². The van der Waals surface area contributed by atoms with Gasteiger partial charge in [-0.15, -0.1) is 0 Å². The molecule has 18 heteroatoms. The molecule has 364 valence electrons. The Kier molecular flexibility index (Phi) is 21.8. The molecule has 0 unspecified atom stereocenters. The van der Waals surface area contributed by atoms with Crippen molar-refractivity contribution in [2.75, 3.05) is 52.9 Å². The van der Waals surface area contributed by atoms with Crippen molar-refractivity contribution in [2.45, 2.75) is 87.2 Å². The van der Waals surface area contributed by atoms with Crippen LogP contribution in [0.5, 0.6) is 0 Å². The Morgan fingerprint density at radius 3 is 0.939 bits per heavy atom. The van der Waals surface area contributed by atoms with Crippen molar-refractivity contribution >= 4 is 48.0 Å². The SMILES string of the molecule is C=C(C)C(=O)OCC(COC(=O)NC(C)(C)c1cccc(C(C)(C)NC(=O)OCC(COC(=O)C(=C)C)(COC(=O)C(=C)C)COC(=O)C(C)C)c1)(COC(=O)C(=C)C)COC(=O)C(=C)C. The molecule has 0 radical (unpaired) electrons. The summed E-state index contributed by atoms with van der Waals surface area (Å²) in [4.78, 5) is 102. The fraction of sp³-hybridized carbons (Fsp3) is 0.500. The van der Waals surface area contributed by atoms with Gasteiger partial charge in [0.05, 0.1) is 17.0 Å². The van der Waals surface area contributed by atoms with E-state index in [0.717, 1.165) is 0 Å². The number of ether oxygens (including phenoxy) is 8. The quantitative estimate of drug-likeness (QED) is 0.0583. The molecular formula is C48H66N2O16. The number of benzene rings is 1. The maximum absolute atomic E-state index is 13.5. The summed E-state index contributed by atoms with van der Waals surface area (Å²) in [5, 5.41) is 5.56. The highest BCUT2D eigenvalue weighted by molar-refractivity contribution is 5.89. The van der Waals surface area contributed by atoms with Crippen LogP contribution in [0.15, 0.2) is 85.0 Å². The van der Waals surface area contributed by atoms with E-state index in [1.165, 1.54) is 34.6 Å². The number of hydrogen-bond acceptors (Lipinski definition) is 16. The Balaban J connectivity index is 3.39. The van der Waals surface area contributed by atoms with E-state index >= 15 is 0 Å². The van der Waals surface area contributed by atoms with Gasteiger partial charge in [0.2, 0.25) is 0 Å². The molecule has 2 N–H and O–H groups in total. The summed E-state index contributed by atoms with van der Waals surface area (Å²) >= 11 is 0. The summed E-state index contributed by atoms with van der Waals surface area (Å²) in [5.41, 5.74) is -4.01. The van der Waals surface area contributed by atoms with E-state index in [-0.39, 0.29) is 27.9 Å². The van der Waals surface area contributed by atoms with E-state index in [9.17, 15) is 38.4 Å². The molecule has 0 spiro atoms. The minimum atomic E-state index is -1.59. The molecule has 0 atom stereocenters. The van der Waals surface area contributed by atoms with Gasteiger partial charge in [0.25, 0.3) is 0 Å². The predicted octanol–water partition coefficient (Wildman–Crippen LogP) is 6.38. The second kappa shape index (κ2) is 25.1. The maximum atomic E-state index is 13.5. The first-order valence-electron chi connectivity index (χ1n) is 20.7. The molecule has 0 saturated carbocycles. The van der Waals surface area contributed by atoms with E-state index in [2.05, 4.69) is 43.5 Å². The fourth-order valence-corrected chi connectivity index (χ4v) is 5.06. The number of carbonyl (C=O) groups excluding carboxylic acids is 8. The largest absolute Gasteiger partial charge is 0.464 e. The minimum absolute atomic E-state index is 0.0562. The first-order chi connectivity index (χ1) is 30.4. The summed E-state index contributed by atoms with van der Waals surface area (Å²) < 4.78 is 43.6. The van der Waals surface area contributed by atoms with Crippen molar-refractivity contribution in [1.82, 2.24) is 10.6 Å². The molecule has 0 aromatic heterocycles. The van der Waals surface area contributed by atoms with Gasteiger partial charge in [0.15, 0.2) is 0 Å². The molecule has 0 bridgehead atoms. The van der Waals surface area contributed by atoms with Gasteiger partial charge in [0, 0.05) is 27.9 Å². The van der Waals surface area contributed by atoms with Gasteiger partial charge >= 0.3 is 48.0 Å². The maximum Gasteiger partial charge on any atom is 0.407 e. The molecule has 1 aromatic carbocycles. The highest BCUT2D eigenvalue weighted by atomic mass is 16.6. The smallest absolute Gasteiger partial charge is 0.407 e. The average molecular weight is 927 g/mol. The number of alkyl carbamates (subject to hydrolysis) is 2. The summed E-state index contributed by atoms with van der Waals surface area (Å²) in [6.07, 6.45) is -1.89. The van der Waals surface area contributed by atoms with Crippen molar-refractivity contribution < 1.29 is 76.3 Å². The number of amides is 2. The van der Waals surface area contributed by atoms with E-state index in [4.69, 9.17) is 37.9 Å². The number of hydrogen-bond donors (Lipinski definition) is 2. The van der Waals surface area contributed by atoms with E-state index in [0.29, 0.717) is 11.1 Å². The zero-order chi connectivity index (χ0) is 50.8. The van der Waals surface area contributed by atoms with Crippen molar-refractivity contribution in [2.24, 2.45) is 16.7 Å². The van der Waals surface area contributed by atoms with Crippen LogP contribution in [0.3, 0.4) is 0 Å². The highest BCUT2D eigenvalue weighted by Gasteiger charge is 2.41. The molecule has 1 rings (SSSR count). The lowest BCUT2D eigenvalue weighted by Gasteiger charge is -2.34. The Morgan fingerprint density at radius 1 is 0.455 bits per heavy atom. The third-order valence-electron chi connectivity index (χ3n) is 9.44. The molecule has 66 heavy (non-hydrogen) atoms. The molecule has 0 fully saturated rings. The van der Waals surface area contributed by atoms with Gasteiger partial charge in [-0.05, 0) is 73.4 Å². The normalized spacial score (nSPS) is 11.5. The minimum Gasteiger partial charge on any atom is -0.464 e. The molecule has 2 amide bonds. The topological polar surface area (TPSA) is 234 Å².